The fraction of sp³-hybridized carbons (Fsp3) is 0.242. The number of benzene rings is 3. The van der Waals surface area contributed by atoms with Crippen LogP contribution in [0.15, 0.2) is 82.8 Å². The van der Waals surface area contributed by atoms with Crippen molar-refractivity contribution in [2.75, 3.05) is 13.2 Å². The third kappa shape index (κ3) is 6.64. The molecule has 0 aliphatic carbocycles. The van der Waals surface area contributed by atoms with E-state index in [1.54, 1.807) is 0 Å². The van der Waals surface area contributed by atoms with Gasteiger partial charge in [0, 0.05) is 38.0 Å². The number of ether oxygens (including phenoxy) is 2. The number of para-hydroxylation sites is 1. The molecule has 1 N–H and O–H groups in total. The summed E-state index contributed by atoms with van der Waals surface area (Å²) in [6.45, 7) is 3.30. The van der Waals surface area contributed by atoms with E-state index in [1.165, 1.54) is 22.1 Å². The maximum atomic E-state index is 10.6. The molecule has 1 aliphatic rings. The minimum Gasteiger partial charge on any atom is -0.487 e. The molecule has 43 heavy (non-hydrogen) atoms. The van der Waals surface area contributed by atoms with Crippen LogP contribution in [0.3, 0.4) is 0 Å². The van der Waals surface area contributed by atoms with Gasteiger partial charge in [-0.1, -0.05) is 60.1 Å². The predicted octanol–water partition coefficient (Wildman–Crippen LogP) is 7.11. The number of thioether (sulfide) groups is 1. The molecule has 1 unspecified atom stereocenters. The highest BCUT2D eigenvalue weighted by atomic mass is 35.5. The lowest BCUT2D eigenvalue weighted by Crippen LogP contribution is -2.10. The van der Waals surface area contributed by atoms with Gasteiger partial charge in [0.15, 0.2) is 0 Å². The summed E-state index contributed by atoms with van der Waals surface area (Å²) in [7, 11) is 0. The van der Waals surface area contributed by atoms with E-state index < -0.39 is 12.6 Å². The number of rotatable bonds is 12. The van der Waals surface area contributed by atoms with Crippen molar-refractivity contribution in [3.8, 4) is 5.75 Å². The molecule has 1 aliphatic heterocycles. The molecule has 220 valence electrons. The van der Waals surface area contributed by atoms with E-state index in [0.29, 0.717) is 30.0 Å². The van der Waals surface area contributed by atoms with E-state index in [1.807, 2.05) is 60.3 Å². The second kappa shape index (κ2) is 13.1. The summed E-state index contributed by atoms with van der Waals surface area (Å²) in [6.07, 6.45) is 2.31. The zero-order valence-corrected chi connectivity index (χ0v) is 25.1. The quantitative estimate of drug-likeness (QED) is 0.0908. The fourth-order valence-electron chi connectivity index (χ4n) is 5.32. The van der Waals surface area contributed by atoms with Crippen molar-refractivity contribution in [1.29, 1.82) is 0 Å². The van der Waals surface area contributed by atoms with Crippen LogP contribution in [-0.4, -0.2) is 45.3 Å². The Morgan fingerprint density at radius 1 is 1.12 bits per heavy atom. The van der Waals surface area contributed by atoms with Crippen molar-refractivity contribution in [1.82, 2.24) is 9.55 Å². The Bertz CT molecular complexity index is 1800. The molecule has 3 aromatic carbocycles. The van der Waals surface area contributed by atoms with Gasteiger partial charge >= 0.3 is 5.97 Å². The molecule has 0 radical (unpaired) electrons. The van der Waals surface area contributed by atoms with Crippen molar-refractivity contribution in [3.05, 3.63) is 100 Å². The van der Waals surface area contributed by atoms with E-state index in [9.17, 15) is 4.79 Å². The van der Waals surface area contributed by atoms with Gasteiger partial charge in [-0.25, -0.2) is 9.78 Å². The Balaban J connectivity index is 1.31. The van der Waals surface area contributed by atoms with E-state index in [4.69, 9.17) is 36.0 Å². The minimum absolute atomic E-state index is 0.182. The molecular formula is C33H30ClN3O5S. The molecule has 0 fully saturated rings. The number of hydrogen-bond acceptors (Lipinski definition) is 7. The van der Waals surface area contributed by atoms with Crippen LogP contribution in [0.5, 0.6) is 5.75 Å². The van der Waals surface area contributed by atoms with Crippen LogP contribution >= 0.6 is 23.4 Å². The Morgan fingerprint density at radius 2 is 1.95 bits per heavy atom. The summed E-state index contributed by atoms with van der Waals surface area (Å²) >= 11 is 8.02. The van der Waals surface area contributed by atoms with Crippen LogP contribution in [0.1, 0.15) is 29.4 Å². The number of aliphatic carboxylic acids is 1. The van der Waals surface area contributed by atoms with E-state index in [0.717, 1.165) is 45.5 Å². The maximum Gasteiger partial charge on any atom is 0.344 e. The highest BCUT2D eigenvalue weighted by Gasteiger charge is 2.29. The van der Waals surface area contributed by atoms with Crippen molar-refractivity contribution in [2.45, 2.75) is 43.2 Å². The molecule has 0 saturated carbocycles. The number of nitrogens with zero attached hydrogens (tertiary/aromatic N) is 3. The van der Waals surface area contributed by atoms with Gasteiger partial charge < -0.3 is 24.0 Å². The highest BCUT2D eigenvalue weighted by Crippen LogP contribution is 2.47. The van der Waals surface area contributed by atoms with Gasteiger partial charge in [-0.15, -0.1) is 11.8 Å². The number of halogens is 1. The summed E-state index contributed by atoms with van der Waals surface area (Å²) < 4.78 is 14.7. The SMILES string of the molecule is CC1Cc2c(OCc3ccc4ccccc4n3)ccc3c2c(c(COCC=NOCC(=O)O)n3Cc2ccc(Cl)cc2)S1. The van der Waals surface area contributed by atoms with Crippen LogP contribution in [0, 0.1) is 0 Å². The first kappa shape index (κ1) is 29.0. The van der Waals surface area contributed by atoms with Crippen molar-refractivity contribution < 1.29 is 24.2 Å². The summed E-state index contributed by atoms with van der Waals surface area (Å²) in [6, 6.07) is 24.3. The zero-order chi connectivity index (χ0) is 29.8. The molecule has 5 aromatic rings. The molecular weight excluding hydrogens is 586 g/mol. The van der Waals surface area contributed by atoms with Crippen LogP contribution in [-0.2, 0) is 40.5 Å². The molecule has 1 atom stereocenters. The Kier molecular flexibility index (Phi) is 8.83. The highest BCUT2D eigenvalue weighted by molar-refractivity contribution is 8.00. The molecule has 6 rings (SSSR count). The monoisotopic (exact) mass is 615 g/mol. The van der Waals surface area contributed by atoms with Crippen molar-refractivity contribution in [2.24, 2.45) is 5.16 Å². The number of carbonyl (C=O) groups is 1. The maximum absolute atomic E-state index is 10.6. The predicted molar refractivity (Wildman–Crippen MR) is 169 cm³/mol. The van der Waals surface area contributed by atoms with Gasteiger partial charge in [0.2, 0.25) is 6.61 Å². The lowest BCUT2D eigenvalue weighted by atomic mass is 10.0. The first-order valence-electron chi connectivity index (χ1n) is 13.9. The first-order chi connectivity index (χ1) is 21.0. The van der Waals surface area contributed by atoms with Crippen LogP contribution in [0.25, 0.3) is 21.8 Å². The van der Waals surface area contributed by atoms with E-state index >= 15 is 0 Å². The summed E-state index contributed by atoms with van der Waals surface area (Å²) in [5.41, 5.74) is 6.34. The zero-order valence-electron chi connectivity index (χ0n) is 23.5. The van der Waals surface area contributed by atoms with E-state index in [2.05, 4.69) is 40.9 Å². The summed E-state index contributed by atoms with van der Waals surface area (Å²) in [4.78, 5) is 21.3. The molecule has 3 heterocycles. The van der Waals surface area contributed by atoms with Gasteiger partial charge in [-0.05, 0) is 48.4 Å². The number of aromatic nitrogens is 2. The van der Waals surface area contributed by atoms with Gasteiger partial charge in [-0.2, -0.15) is 0 Å². The molecule has 2 aromatic heterocycles. The van der Waals surface area contributed by atoms with Gasteiger partial charge in [0.1, 0.15) is 12.4 Å². The van der Waals surface area contributed by atoms with E-state index in [-0.39, 0.29) is 6.61 Å². The summed E-state index contributed by atoms with van der Waals surface area (Å²) in [5, 5.41) is 15.7. The molecule has 0 amide bonds. The number of carboxylic acid groups (broad SMARTS) is 1. The lowest BCUT2D eigenvalue weighted by Gasteiger charge is -2.22. The molecule has 10 heteroatoms. The molecule has 0 bridgehead atoms. The normalized spacial score (nSPS) is 14.5. The number of pyridine rings is 1. The first-order valence-corrected chi connectivity index (χ1v) is 15.2. The van der Waals surface area contributed by atoms with Gasteiger partial charge in [0.05, 0.1) is 41.8 Å². The lowest BCUT2D eigenvalue weighted by molar-refractivity contribution is -0.142. The van der Waals surface area contributed by atoms with Crippen molar-refractivity contribution in [3.63, 3.8) is 0 Å². The second-order valence-corrected chi connectivity index (χ2v) is 12.2. The molecule has 8 nitrogen and oxygen atoms in total. The Labute approximate surface area is 258 Å². The van der Waals surface area contributed by atoms with Gasteiger partial charge in [0.25, 0.3) is 0 Å². The summed E-state index contributed by atoms with van der Waals surface area (Å²) in [5.74, 6) is -0.211. The number of carboxylic acids is 1. The molecule has 0 spiro atoms. The number of hydrogen-bond donors (Lipinski definition) is 1. The molecule has 0 saturated heterocycles. The second-order valence-electron chi connectivity index (χ2n) is 10.3. The van der Waals surface area contributed by atoms with Crippen molar-refractivity contribution >= 4 is 57.4 Å². The number of oxime groups is 1. The Morgan fingerprint density at radius 3 is 2.79 bits per heavy atom. The third-order valence-corrected chi connectivity index (χ3v) is 8.71. The standard InChI is InChI=1S/C33H30ClN3O5S/c1-21-16-26-30(41-18-25-11-8-23-4-2-3-5-27(23)36-25)13-12-28-32(26)33(43-21)29(19-40-15-14-35-42-20-31(38)39)37(28)17-22-6-9-24(34)10-7-22/h2-14,21H,15-20H2,1H3,(H,38,39). The minimum atomic E-state index is -1.08. The van der Waals surface area contributed by atoms with Crippen LogP contribution in [0.2, 0.25) is 5.02 Å². The van der Waals surface area contributed by atoms with Gasteiger partial charge in [-0.3, -0.25) is 0 Å². The largest absolute Gasteiger partial charge is 0.487 e. The average molecular weight is 616 g/mol. The van der Waals surface area contributed by atoms with Crippen LogP contribution in [0.4, 0.5) is 0 Å². The Hall–Kier alpha value is -4.05. The average Bonchev–Trinajstić information content (AvgIpc) is 3.29. The van der Waals surface area contributed by atoms with Crippen LogP contribution < -0.4 is 4.74 Å². The smallest absolute Gasteiger partial charge is 0.344 e. The topological polar surface area (TPSA) is 95.2 Å². The fourth-order valence-corrected chi connectivity index (χ4v) is 6.75. The third-order valence-electron chi connectivity index (χ3n) is 7.22. The number of fused-ring (bicyclic) bond motifs is 1.